The molecule has 1 saturated heterocycles. The van der Waals surface area contributed by atoms with Crippen molar-refractivity contribution in [3.05, 3.63) is 54.8 Å². The summed E-state index contributed by atoms with van der Waals surface area (Å²) < 4.78 is 32.5. The lowest BCUT2D eigenvalue weighted by atomic mass is 9.96. The van der Waals surface area contributed by atoms with Gasteiger partial charge in [-0.15, -0.1) is 0 Å². The van der Waals surface area contributed by atoms with Gasteiger partial charge in [0.2, 0.25) is 21.7 Å². The van der Waals surface area contributed by atoms with E-state index in [1.54, 1.807) is 47.2 Å². The first-order chi connectivity index (χ1) is 13.1. The van der Waals surface area contributed by atoms with Crippen molar-refractivity contribution >= 4 is 10.0 Å². The molecule has 0 spiro atoms. The quantitative estimate of drug-likeness (QED) is 0.663. The molecule has 3 heterocycles. The van der Waals surface area contributed by atoms with E-state index in [2.05, 4.69) is 20.1 Å². The Balaban J connectivity index is 1.46. The van der Waals surface area contributed by atoms with Crippen molar-refractivity contribution in [2.75, 3.05) is 13.1 Å². The average molecular weight is 385 g/mol. The average Bonchev–Trinajstić information content (AvgIpc) is 3.18. The van der Waals surface area contributed by atoms with Gasteiger partial charge in [0.25, 0.3) is 0 Å². The van der Waals surface area contributed by atoms with Crippen LogP contribution in [0.1, 0.15) is 18.7 Å². The van der Waals surface area contributed by atoms with E-state index in [0.29, 0.717) is 41.8 Å². The van der Waals surface area contributed by atoms with E-state index in [0.717, 1.165) is 12.8 Å². The van der Waals surface area contributed by atoms with E-state index in [9.17, 15) is 8.42 Å². The van der Waals surface area contributed by atoms with Gasteiger partial charge in [-0.05, 0) is 30.9 Å². The van der Waals surface area contributed by atoms with E-state index in [4.69, 9.17) is 4.52 Å². The molecule has 0 bridgehead atoms. The van der Waals surface area contributed by atoms with Crippen molar-refractivity contribution < 1.29 is 12.9 Å². The standard InChI is InChI=1S/C18H19N5O3S/c24-27(25,15-6-2-1-3-7-15)23-10-4-5-14(13-23)11-17-21-18(22-26-17)16-12-19-8-9-20-16/h1-3,6-9,12,14H,4-5,10-11,13H2. The second kappa shape index (κ2) is 7.53. The largest absolute Gasteiger partial charge is 0.339 e. The van der Waals surface area contributed by atoms with Gasteiger partial charge in [-0.1, -0.05) is 23.4 Å². The third kappa shape index (κ3) is 3.88. The summed E-state index contributed by atoms with van der Waals surface area (Å²) in [6.07, 6.45) is 6.98. The topological polar surface area (TPSA) is 102 Å². The first-order valence-electron chi connectivity index (χ1n) is 8.77. The summed E-state index contributed by atoms with van der Waals surface area (Å²) in [4.78, 5) is 12.8. The number of rotatable bonds is 5. The van der Waals surface area contributed by atoms with E-state index in [1.807, 2.05) is 6.07 Å². The normalized spacial score (nSPS) is 18.4. The van der Waals surface area contributed by atoms with Crippen LogP contribution in [0.2, 0.25) is 0 Å². The van der Waals surface area contributed by atoms with E-state index < -0.39 is 10.0 Å². The summed E-state index contributed by atoms with van der Waals surface area (Å²) in [5.74, 6) is 1.01. The predicted octanol–water partition coefficient (Wildman–Crippen LogP) is 2.17. The Bertz CT molecular complexity index is 992. The summed E-state index contributed by atoms with van der Waals surface area (Å²) >= 11 is 0. The molecule has 2 aromatic heterocycles. The third-order valence-electron chi connectivity index (χ3n) is 4.59. The van der Waals surface area contributed by atoms with Crippen molar-refractivity contribution in [1.29, 1.82) is 0 Å². The Morgan fingerprint density at radius 1 is 1.19 bits per heavy atom. The molecular formula is C18H19N5O3S. The summed E-state index contributed by atoms with van der Waals surface area (Å²) in [5, 5.41) is 3.95. The Hall–Kier alpha value is -2.65. The maximum absolute atomic E-state index is 12.8. The van der Waals surface area contributed by atoms with Gasteiger partial charge < -0.3 is 4.52 Å². The third-order valence-corrected chi connectivity index (χ3v) is 6.47. The number of nitrogens with zero attached hydrogens (tertiary/aromatic N) is 5. The smallest absolute Gasteiger partial charge is 0.243 e. The van der Waals surface area contributed by atoms with Gasteiger partial charge in [-0.3, -0.25) is 4.98 Å². The summed E-state index contributed by atoms with van der Waals surface area (Å²) in [6, 6.07) is 8.54. The molecule has 0 aliphatic carbocycles. The molecule has 0 radical (unpaired) electrons. The number of sulfonamides is 1. The van der Waals surface area contributed by atoms with Crippen molar-refractivity contribution in [3.63, 3.8) is 0 Å². The minimum Gasteiger partial charge on any atom is -0.339 e. The minimum absolute atomic E-state index is 0.132. The van der Waals surface area contributed by atoms with Crippen LogP contribution in [0.25, 0.3) is 11.5 Å². The lowest BCUT2D eigenvalue weighted by molar-refractivity contribution is 0.247. The number of piperidine rings is 1. The molecule has 1 aliphatic rings. The van der Waals surface area contributed by atoms with Crippen LogP contribution < -0.4 is 0 Å². The first-order valence-corrected chi connectivity index (χ1v) is 10.2. The molecule has 4 rings (SSSR count). The zero-order valence-corrected chi connectivity index (χ0v) is 15.4. The fraction of sp³-hybridized carbons (Fsp3) is 0.333. The highest BCUT2D eigenvalue weighted by atomic mass is 32.2. The molecule has 1 aromatic carbocycles. The second-order valence-electron chi connectivity index (χ2n) is 6.49. The minimum atomic E-state index is -3.48. The predicted molar refractivity (Wildman–Crippen MR) is 97.0 cm³/mol. The highest BCUT2D eigenvalue weighted by molar-refractivity contribution is 7.89. The van der Waals surface area contributed by atoms with Gasteiger partial charge in [0.1, 0.15) is 5.69 Å². The van der Waals surface area contributed by atoms with Gasteiger partial charge >= 0.3 is 0 Å². The molecule has 140 valence electrons. The summed E-state index contributed by atoms with van der Waals surface area (Å²) in [6.45, 7) is 0.975. The highest BCUT2D eigenvalue weighted by Gasteiger charge is 2.31. The number of aromatic nitrogens is 4. The van der Waals surface area contributed by atoms with Crippen LogP contribution in [0.3, 0.4) is 0 Å². The van der Waals surface area contributed by atoms with E-state index in [-0.39, 0.29) is 5.92 Å². The van der Waals surface area contributed by atoms with Crippen LogP contribution in [0, 0.1) is 5.92 Å². The Morgan fingerprint density at radius 2 is 2.04 bits per heavy atom. The Labute approximate surface area is 157 Å². The first kappa shape index (κ1) is 17.7. The summed E-state index contributed by atoms with van der Waals surface area (Å²) in [7, 11) is -3.48. The molecule has 3 aromatic rings. The lowest BCUT2D eigenvalue weighted by Crippen LogP contribution is -2.40. The maximum atomic E-state index is 12.8. The molecule has 0 amide bonds. The molecule has 9 heteroatoms. The number of hydrogen-bond donors (Lipinski definition) is 0. The van der Waals surface area contributed by atoms with Crippen LogP contribution in [0.4, 0.5) is 0 Å². The fourth-order valence-electron chi connectivity index (χ4n) is 3.26. The van der Waals surface area contributed by atoms with Crippen molar-refractivity contribution in [2.45, 2.75) is 24.2 Å². The molecule has 1 unspecified atom stereocenters. The number of hydrogen-bond acceptors (Lipinski definition) is 7. The molecule has 1 aliphatic heterocycles. The molecular weight excluding hydrogens is 366 g/mol. The zero-order valence-electron chi connectivity index (χ0n) is 14.6. The second-order valence-corrected chi connectivity index (χ2v) is 8.43. The van der Waals surface area contributed by atoms with Gasteiger partial charge in [-0.25, -0.2) is 13.4 Å². The van der Waals surface area contributed by atoms with E-state index >= 15 is 0 Å². The van der Waals surface area contributed by atoms with Crippen LogP contribution in [0.15, 0.2) is 58.3 Å². The molecule has 27 heavy (non-hydrogen) atoms. The van der Waals surface area contributed by atoms with Crippen molar-refractivity contribution in [3.8, 4) is 11.5 Å². The summed E-state index contributed by atoms with van der Waals surface area (Å²) in [5.41, 5.74) is 0.546. The van der Waals surface area contributed by atoms with Crippen LogP contribution in [0.5, 0.6) is 0 Å². The van der Waals surface area contributed by atoms with E-state index in [1.165, 1.54) is 0 Å². The van der Waals surface area contributed by atoms with Crippen molar-refractivity contribution in [1.82, 2.24) is 24.4 Å². The molecule has 0 N–H and O–H groups in total. The molecule has 1 atom stereocenters. The highest BCUT2D eigenvalue weighted by Crippen LogP contribution is 2.26. The van der Waals surface area contributed by atoms with Crippen molar-refractivity contribution in [2.24, 2.45) is 5.92 Å². The van der Waals surface area contributed by atoms with Crippen LogP contribution in [-0.2, 0) is 16.4 Å². The van der Waals surface area contributed by atoms with Crippen LogP contribution in [-0.4, -0.2) is 45.9 Å². The van der Waals surface area contributed by atoms with Gasteiger partial charge in [0.05, 0.1) is 11.1 Å². The monoisotopic (exact) mass is 385 g/mol. The van der Waals surface area contributed by atoms with Gasteiger partial charge in [-0.2, -0.15) is 9.29 Å². The molecule has 1 fully saturated rings. The van der Waals surface area contributed by atoms with Gasteiger partial charge in [0, 0.05) is 31.9 Å². The SMILES string of the molecule is O=S(=O)(c1ccccc1)N1CCCC(Cc2nc(-c3cnccn3)no2)C1. The molecule has 0 saturated carbocycles. The van der Waals surface area contributed by atoms with Gasteiger partial charge in [0.15, 0.2) is 0 Å². The maximum Gasteiger partial charge on any atom is 0.243 e. The lowest BCUT2D eigenvalue weighted by Gasteiger charge is -2.31. The zero-order chi connectivity index (χ0) is 18.7. The number of benzene rings is 1. The fourth-order valence-corrected chi connectivity index (χ4v) is 4.83. The Morgan fingerprint density at radius 3 is 2.81 bits per heavy atom. The Kier molecular flexibility index (Phi) is 4.95. The van der Waals surface area contributed by atoms with Crippen LogP contribution >= 0.6 is 0 Å². The molecule has 8 nitrogen and oxygen atoms in total.